The summed E-state index contributed by atoms with van der Waals surface area (Å²) in [5.41, 5.74) is 1.23. The van der Waals surface area contributed by atoms with Gasteiger partial charge in [-0.2, -0.15) is 0 Å². The Bertz CT molecular complexity index is 553. The molecule has 2 rings (SSSR count). The number of rotatable bonds is 5. The number of aromatic nitrogens is 1. The lowest BCUT2D eigenvalue weighted by atomic mass is 10.1. The van der Waals surface area contributed by atoms with Crippen molar-refractivity contribution >= 4 is 17.3 Å². The van der Waals surface area contributed by atoms with Gasteiger partial charge in [-0.1, -0.05) is 18.2 Å². The number of carboxylic acid groups (broad SMARTS) is 1. The second kappa shape index (κ2) is 5.73. The molecule has 1 N–H and O–H groups in total. The number of aliphatic carboxylic acids is 1. The Balaban J connectivity index is 1.96. The highest BCUT2D eigenvalue weighted by Gasteiger charge is 2.07. The molecular weight excluding hydrogens is 253 g/mol. The van der Waals surface area contributed by atoms with E-state index < -0.39 is 5.97 Å². The van der Waals surface area contributed by atoms with Crippen molar-refractivity contribution in [1.29, 1.82) is 0 Å². The quantitative estimate of drug-likeness (QED) is 0.904. The first-order valence-corrected chi connectivity index (χ1v) is 6.41. The van der Waals surface area contributed by atoms with Crippen LogP contribution in [0.15, 0.2) is 29.6 Å². The molecular formula is C13H12FNO2S. The van der Waals surface area contributed by atoms with Gasteiger partial charge >= 0.3 is 5.97 Å². The van der Waals surface area contributed by atoms with E-state index in [0.29, 0.717) is 24.1 Å². The van der Waals surface area contributed by atoms with Crippen LogP contribution in [0.3, 0.4) is 0 Å². The van der Waals surface area contributed by atoms with Crippen LogP contribution in [-0.2, 0) is 24.1 Å². The largest absolute Gasteiger partial charge is 0.481 e. The Morgan fingerprint density at radius 2 is 2.11 bits per heavy atom. The van der Waals surface area contributed by atoms with E-state index in [1.807, 2.05) is 0 Å². The lowest BCUT2D eigenvalue weighted by Gasteiger charge is -2.00. The highest BCUT2D eigenvalue weighted by Crippen LogP contribution is 2.15. The summed E-state index contributed by atoms with van der Waals surface area (Å²) in [5, 5.41) is 11.2. The molecule has 0 spiro atoms. The first-order valence-electron chi connectivity index (χ1n) is 5.53. The maximum atomic E-state index is 13.4. The third-order valence-corrected chi connectivity index (χ3v) is 3.46. The second-order valence-electron chi connectivity index (χ2n) is 3.89. The number of halogens is 1. The predicted molar refractivity (Wildman–Crippen MR) is 67.3 cm³/mol. The molecule has 0 aliphatic heterocycles. The molecule has 1 aromatic carbocycles. The Labute approximate surface area is 108 Å². The van der Waals surface area contributed by atoms with Gasteiger partial charge in [-0.05, 0) is 18.1 Å². The summed E-state index contributed by atoms with van der Waals surface area (Å²) in [7, 11) is 0. The molecule has 0 saturated heterocycles. The standard InChI is InChI=1S/C13H12FNO2S/c14-11-4-2-1-3-9(11)5-6-12-15-10(8-18-12)7-13(16)17/h1-4,8H,5-7H2,(H,16,17). The summed E-state index contributed by atoms with van der Waals surface area (Å²) in [6.07, 6.45) is 1.15. The highest BCUT2D eigenvalue weighted by atomic mass is 32.1. The van der Waals surface area contributed by atoms with Crippen LogP contribution in [-0.4, -0.2) is 16.1 Å². The minimum Gasteiger partial charge on any atom is -0.481 e. The molecule has 2 aromatic rings. The zero-order chi connectivity index (χ0) is 13.0. The first kappa shape index (κ1) is 12.7. The maximum Gasteiger partial charge on any atom is 0.309 e. The number of carbonyl (C=O) groups is 1. The molecule has 0 amide bonds. The van der Waals surface area contributed by atoms with E-state index in [0.717, 1.165) is 5.01 Å². The minimum atomic E-state index is -0.888. The molecule has 1 heterocycles. The van der Waals surface area contributed by atoms with Crippen LogP contribution in [0.4, 0.5) is 4.39 Å². The summed E-state index contributed by atoms with van der Waals surface area (Å²) < 4.78 is 13.4. The molecule has 0 aliphatic rings. The summed E-state index contributed by atoms with van der Waals surface area (Å²) in [5.74, 6) is -1.10. The SMILES string of the molecule is O=C(O)Cc1csc(CCc2ccccc2F)n1. The van der Waals surface area contributed by atoms with E-state index in [9.17, 15) is 9.18 Å². The molecule has 1 aromatic heterocycles. The Morgan fingerprint density at radius 1 is 1.33 bits per heavy atom. The van der Waals surface area contributed by atoms with Gasteiger partial charge in [0.05, 0.1) is 17.1 Å². The highest BCUT2D eigenvalue weighted by molar-refractivity contribution is 7.09. The van der Waals surface area contributed by atoms with Gasteiger partial charge in [0.2, 0.25) is 0 Å². The average Bonchev–Trinajstić information content (AvgIpc) is 2.75. The molecule has 0 radical (unpaired) electrons. The Hall–Kier alpha value is -1.75. The molecule has 0 saturated carbocycles. The van der Waals surface area contributed by atoms with E-state index >= 15 is 0 Å². The smallest absolute Gasteiger partial charge is 0.309 e. The number of hydrogen-bond donors (Lipinski definition) is 1. The van der Waals surface area contributed by atoms with Gasteiger partial charge in [-0.3, -0.25) is 4.79 Å². The van der Waals surface area contributed by atoms with Gasteiger partial charge in [0.25, 0.3) is 0 Å². The lowest BCUT2D eigenvalue weighted by Crippen LogP contribution is -2.00. The first-order chi connectivity index (χ1) is 8.65. The fourth-order valence-corrected chi connectivity index (χ4v) is 2.44. The average molecular weight is 265 g/mol. The van der Waals surface area contributed by atoms with Crippen molar-refractivity contribution in [2.45, 2.75) is 19.3 Å². The molecule has 0 fully saturated rings. The van der Waals surface area contributed by atoms with Crippen LogP contribution in [0.2, 0.25) is 0 Å². The molecule has 0 unspecified atom stereocenters. The van der Waals surface area contributed by atoms with E-state index in [1.165, 1.54) is 17.4 Å². The van der Waals surface area contributed by atoms with E-state index in [2.05, 4.69) is 4.98 Å². The molecule has 0 bridgehead atoms. The Morgan fingerprint density at radius 3 is 2.83 bits per heavy atom. The van der Waals surface area contributed by atoms with Gasteiger partial charge in [-0.25, -0.2) is 9.37 Å². The zero-order valence-corrected chi connectivity index (χ0v) is 10.4. The molecule has 94 valence electrons. The van der Waals surface area contributed by atoms with E-state index in [4.69, 9.17) is 5.11 Å². The number of benzene rings is 1. The summed E-state index contributed by atoms with van der Waals surface area (Å²) in [4.78, 5) is 14.7. The third kappa shape index (κ3) is 3.37. The summed E-state index contributed by atoms with van der Waals surface area (Å²) in [6, 6.07) is 6.65. The molecule has 0 aliphatic carbocycles. The summed E-state index contributed by atoms with van der Waals surface area (Å²) in [6.45, 7) is 0. The molecule has 0 atom stereocenters. The van der Waals surface area contributed by atoms with Gasteiger partial charge in [-0.15, -0.1) is 11.3 Å². The van der Waals surface area contributed by atoms with Crippen LogP contribution in [0.1, 0.15) is 16.3 Å². The van der Waals surface area contributed by atoms with Gasteiger partial charge < -0.3 is 5.11 Å². The van der Waals surface area contributed by atoms with Gasteiger partial charge in [0, 0.05) is 11.8 Å². The van der Waals surface area contributed by atoms with Crippen molar-refractivity contribution < 1.29 is 14.3 Å². The lowest BCUT2D eigenvalue weighted by molar-refractivity contribution is -0.136. The van der Waals surface area contributed by atoms with Crippen molar-refractivity contribution in [3.8, 4) is 0 Å². The van der Waals surface area contributed by atoms with E-state index in [-0.39, 0.29) is 12.2 Å². The zero-order valence-electron chi connectivity index (χ0n) is 9.60. The predicted octanol–water partition coefficient (Wildman–Crippen LogP) is 2.69. The fourth-order valence-electron chi connectivity index (χ4n) is 1.64. The summed E-state index contributed by atoms with van der Waals surface area (Å²) >= 11 is 1.42. The van der Waals surface area contributed by atoms with Crippen LogP contribution in [0.5, 0.6) is 0 Å². The van der Waals surface area contributed by atoms with E-state index in [1.54, 1.807) is 23.6 Å². The van der Waals surface area contributed by atoms with Crippen molar-refractivity contribution in [1.82, 2.24) is 4.98 Å². The number of nitrogens with zero attached hydrogens (tertiary/aromatic N) is 1. The maximum absolute atomic E-state index is 13.4. The van der Waals surface area contributed by atoms with Crippen LogP contribution < -0.4 is 0 Å². The molecule has 3 nitrogen and oxygen atoms in total. The molecule has 5 heteroatoms. The third-order valence-electron chi connectivity index (χ3n) is 2.50. The van der Waals surface area contributed by atoms with Crippen molar-refractivity contribution in [2.75, 3.05) is 0 Å². The van der Waals surface area contributed by atoms with Gasteiger partial charge in [0.15, 0.2) is 0 Å². The minimum absolute atomic E-state index is 0.0593. The Kier molecular flexibility index (Phi) is 4.04. The van der Waals surface area contributed by atoms with Crippen molar-refractivity contribution in [2.24, 2.45) is 0 Å². The number of aryl methyl sites for hydroxylation is 2. The van der Waals surface area contributed by atoms with Gasteiger partial charge in [0.1, 0.15) is 5.82 Å². The number of carboxylic acids is 1. The number of thiazole rings is 1. The molecule has 18 heavy (non-hydrogen) atoms. The normalized spacial score (nSPS) is 10.5. The topological polar surface area (TPSA) is 50.2 Å². The van der Waals surface area contributed by atoms with Crippen LogP contribution >= 0.6 is 11.3 Å². The van der Waals surface area contributed by atoms with Crippen LogP contribution in [0, 0.1) is 5.82 Å². The van der Waals surface area contributed by atoms with Crippen LogP contribution in [0.25, 0.3) is 0 Å². The monoisotopic (exact) mass is 265 g/mol. The van der Waals surface area contributed by atoms with Crippen molar-refractivity contribution in [3.05, 3.63) is 51.7 Å². The fraction of sp³-hybridized carbons (Fsp3) is 0.231. The number of hydrogen-bond acceptors (Lipinski definition) is 3. The second-order valence-corrected chi connectivity index (χ2v) is 4.84. The van der Waals surface area contributed by atoms with Crippen molar-refractivity contribution in [3.63, 3.8) is 0 Å².